The lowest BCUT2D eigenvalue weighted by molar-refractivity contribution is -0.126. The standard InChI is InChI=1S/C21H35N3O2/c1-4-26-14-8-12-24-13-11-19(16(2)15-24)23-21(25)17(3)20(22)18-9-6-5-7-10-18/h5-7,9-10,16-17,19-20H,4,8,11-15,22H2,1-3H3,(H,23,25). The number of carbonyl (C=O) groups excluding carboxylic acids is 1. The third-order valence-electron chi connectivity index (χ3n) is 5.42. The van der Waals surface area contributed by atoms with Crippen molar-refractivity contribution in [2.75, 3.05) is 32.8 Å². The Bertz CT molecular complexity index is 537. The maximum atomic E-state index is 12.7. The van der Waals surface area contributed by atoms with E-state index in [4.69, 9.17) is 10.5 Å². The normalized spacial score (nSPS) is 23.4. The first-order chi connectivity index (χ1) is 12.5. The second-order valence-electron chi connectivity index (χ2n) is 7.46. The highest BCUT2D eigenvalue weighted by atomic mass is 16.5. The van der Waals surface area contributed by atoms with E-state index in [9.17, 15) is 4.79 Å². The molecule has 0 bridgehead atoms. The predicted molar refractivity (Wildman–Crippen MR) is 106 cm³/mol. The molecule has 1 aromatic rings. The van der Waals surface area contributed by atoms with Crippen LogP contribution in [0.4, 0.5) is 0 Å². The van der Waals surface area contributed by atoms with Crippen LogP contribution in [0, 0.1) is 11.8 Å². The van der Waals surface area contributed by atoms with Crippen LogP contribution >= 0.6 is 0 Å². The van der Waals surface area contributed by atoms with Gasteiger partial charge in [0.05, 0.1) is 5.92 Å². The Morgan fingerprint density at radius 2 is 2.12 bits per heavy atom. The molecule has 4 atom stereocenters. The zero-order valence-electron chi connectivity index (χ0n) is 16.5. The molecule has 5 nitrogen and oxygen atoms in total. The van der Waals surface area contributed by atoms with Crippen LogP contribution in [0.25, 0.3) is 0 Å². The molecule has 1 amide bonds. The van der Waals surface area contributed by atoms with Gasteiger partial charge < -0.3 is 20.7 Å². The highest BCUT2D eigenvalue weighted by molar-refractivity contribution is 5.79. The molecule has 4 unspecified atom stereocenters. The average molecular weight is 362 g/mol. The van der Waals surface area contributed by atoms with Crippen LogP contribution in [0.2, 0.25) is 0 Å². The minimum absolute atomic E-state index is 0.0583. The number of nitrogens with two attached hydrogens (primary N) is 1. The topological polar surface area (TPSA) is 67.6 Å². The van der Waals surface area contributed by atoms with Crippen LogP contribution in [0.5, 0.6) is 0 Å². The monoisotopic (exact) mass is 361 g/mol. The third kappa shape index (κ3) is 6.08. The summed E-state index contributed by atoms with van der Waals surface area (Å²) in [4.78, 5) is 15.2. The lowest BCUT2D eigenvalue weighted by atomic mass is 9.91. The number of nitrogens with zero attached hydrogens (tertiary/aromatic N) is 1. The fraction of sp³-hybridized carbons (Fsp3) is 0.667. The number of ether oxygens (including phenoxy) is 1. The molecule has 1 saturated heterocycles. The Hall–Kier alpha value is -1.43. The number of piperidine rings is 1. The molecule has 2 rings (SSSR count). The molecule has 5 heteroatoms. The highest BCUT2D eigenvalue weighted by Crippen LogP contribution is 2.22. The SMILES string of the molecule is CCOCCCN1CCC(NC(=O)C(C)C(N)c2ccccc2)C(C)C1. The molecule has 26 heavy (non-hydrogen) atoms. The second kappa shape index (κ2) is 10.7. The molecule has 1 aliphatic rings. The van der Waals surface area contributed by atoms with E-state index in [2.05, 4.69) is 17.1 Å². The molecule has 0 saturated carbocycles. The molecule has 146 valence electrons. The van der Waals surface area contributed by atoms with Gasteiger partial charge >= 0.3 is 0 Å². The van der Waals surface area contributed by atoms with Gasteiger partial charge in [-0.05, 0) is 31.2 Å². The number of hydrogen-bond donors (Lipinski definition) is 2. The van der Waals surface area contributed by atoms with Crippen molar-refractivity contribution in [1.29, 1.82) is 0 Å². The van der Waals surface area contributed by atoms with E-state index < -0.39 is 0 Å². The lowest BCUT2D eigenvalue weighted by Gasteiger charge is -2.38. The molecule has 1 fully saturated rings. The van der Waals surface area contributed by atoms with E-state index in [1.165, 1.54) is 0 Å². The Morgan fingerprint density at radius 3 is 2.77 bits per heavy atom. The number of hydrogen-bond acceptors (Lipinski definition) is 4. The van der Waals surface area contributed by atoms with Crippen molar-refractivity contribution >= 4 is 5.91 Å². The molecule has 0 radical (unpaired) electrons. The first kappa shape index (κ1) is 20.9. The van der Waals surface area contributed by atoms with Crippen molar-refractivity contribution in [2.24, 2.45) is 17.6 Å². The Labute approximate surface area is 158 Å². The molecule has 0 aromatic heterocycles. The van der Waals surface area contributed by atoms with Gasteiger partial charge in [-0.1, -0.05) is 44.2 Å². The smallest absolute Gasteiger partial charge is 0.224 e. The summed E-state index contributed by atoms with van der Waals surface area (Å²) in [5, 5.41) is 3.25. The van der Waals surface area contributed by atoms with Gasteiger partial charge in [-0.2, -0.15) is 0 Å². The van der Waals surface area contributed by atoms with Gasteiger partial charge in [0.2, 0.25) is 5.91 Å². The molecule has 1 aromatic carbocycles. The highest BCUT2D eigenvalue weighted by Gasteiger charge is 2.30. The lowest BCUT2D eigenvalue weighted by Crippen LogP contribution is -2.51. The fourth-order valence-corrected chi connectivity index (χ4v) is 3.63. The van der Waals surface area contributed by atoms with E-state index in [1.54, 1.807) is 0 Å². The predicted octanol–water partition coefficient (Wildman–Crippen LogP) is 2.58. The molecular weight excluding hydrogens is 326 g/mol. The summed E-state index contributed by atoms with van der Waals surface area (Å²) in [6.45, 7) is 10.9. The molecule has 0 aliphatic carbocycles. The molecule has 1 aliphatic heterocycles. The number of amides is 1. The van der Waals surface area contributed by atoms with Crippen molar-refractivity contribution in [2.45, 2.75) is 45.7 Å². The molecular formula is C21H35N3O2. The van der Waals surface area contributed by atoms with Gasteiger partial charge in [0.25, 0.3) is 0 Å². The first-order valence-corrected chi connectivity index (χ1v) is 9.94. The summed E-state index contributed by atoms with van der Waals surface area (Å²) >= 11 is 0. The fourth-order valence-electron chi connectivity index (χ4n) is 3.63. The number of benzene rings is 1. The molecule has 3 N–H and O–H groups in total. The summed E-state index contributed by atoms with van der Waals surface area (Å²) in [5.41, 5.74) is 7.31. The van der Waals surface area contributed by atoms with Crippen LogP contribution in [-0.2, 0) is 9.53 Å². The largest absolute Gasteiger partial charge is 0.382 e. The maximum Gasteiger partial charge on any atom is 0.224 e. The van der Waals surface area contributed by atoms with E-state index in [0.29, 0.717) is 5.92 Å². The van der Waals surface area contributed by atoms with E-state index >= 15 is 0 Å². The number of nitrogens with one attached hydrogen (secondary N) is 1. The van der Waals surface area contributed by atoms with Crippen molar-refractivity contribution in [3.63, 3.8) is 0 Å². The Morgan fingerprint density at radius 1 is 1.38 bits per heavy atom. The third-order valence-corrected chi connectivity index (χ3v) is 5.42. The van der Waals surface area contributed by atoms with Gasteiger partial charge in [-0.3, -0.25) is 4.79 Å². The van der Waals surface area contributed by atoms with E-state index in [1.807, 2.05) is 44.2 Å². The van der Waals surface area contributed by atoms with Crippen LogP contribution in [0.15, 0.2) is 30.3 Å². The summed E-state index contributed by atoms with van der Waals surface area (Å²) in [6.07, 6.45) is 2.06. The van der Waals surface area contributed by atoms with Gasteiger partial charge in [0.1, 0.15) is 0 Å². The van der Waals surface area contributed by atoms with Crippen LogP contribution in [0.1, 0.15) is 45.2 Å². The number of carbonyl (C=O) groups is 1. The molecule has 1 heterocycles. The van der Waals surface area contributed by atoms with Crippen LogP contribution in [0.3, 0.4) is 0 Å². The van der Waals surface area contributed by atoms with Crippen LogP contribution < -0.4 is 11.1 Å². The van der Waals surface area contributed by atoms with Gasteiger partial charge in [-0.15, -0.1) is 0 Å². The zero-order valence-corrected chi connectivity index (χ0v) is 16.5. The second-order valence-corrected chi connectivity index (χ2v) is 7.46. The zero-order chi connectivity index (χ0) is 18.9. The van der Waals surface area contributed by atoms with Crippen molar-refractivity contribution in [3.05, 3.63) is 35.9 Å². The van der Waals surface area contributed by atoms with E-state index in [0.717, 1.165) is 51.3 Å². The van der Waals surface area contributed by atoms with Gasteiger partial charge in [0.15, 0.2) is 0 Å². The quantitative estimate of drug-likeness (QED) is 0.664. The van der Waals surface area contributed by atoms with E-state index in [-0.39, 0.29) is 23.9 Å². The van der Waals surface area contributed by atoms with Crippen LogP contribution in [-0.4, -0.2) is 49.7 Å². The minimum atomic E-state index is -0.273. The van der Waals surface area contributed by atoms with Crippen molar-refractivity contribution < 1.29 is 9.53 Å². The molecule has 0 spiro atoms. The Balaban J connectivity index is 1.78. The summed E-state index contributed by atoms with van der Waals surface area (Å²) in [5.74, 6) is 0.261. The number of likely N-dealkylation sites (tertiary alicyclic amines) is 1. The summed E-state index contributed by atoms with van der Waals surface area (Å²) < 4.78 is 5.41. The van der Waals surface area contributed by atoms with Gasteiger partial charge in [-0.25, -0.2) is 0 Å². The number of rotatable bonds is 9. The minimum Gasteiger partial charge on any atom is -0.382 e. The summed E-state index contributed by atoms with van der Waals surface area (Å²) in [7, 11) is 0. The first-order valence-electron chi connectivity index (χ1n) is 9.94. The van der Waals surface area contributed by atoms with Gasteiger partial charge in [0, 0.05) is 44.9 Å². The van der Waals surface area contributed by atoms with Crippen molar-refractivity contribution in [1.82, 2.24) is 10.2 Å². The maximum absolute atomic E-state index is 12.7. The Kier molecular flexibility index (Phi) is 8.55. The average Bonchev–Trinajstić information content (AvgIpc) is 2.66. The van der Waals surface area contributed by atoms with Crippen molar-refractivity contribution in [3.8, 4) is 0 Å². The summed E-state index contributed by atoms with van der Waals surface area (Å²) in [6, 6.07) is 9.81.